The minimum absolute atomic E-state index is 0.466. The molecule has 0 radical (unpaired) electrons. The van der Waals surface area contributed by atoms with Crippen LogP contribution >= 0.6 is 0 Å². The Morgan fingerprint density at radius 1 is 1.15 bits per heavy atom. The smallest absolute Gasteiger partial charge is 0.0343 e. The predicted molar refractivity (Wildman–Crippen MR) is 86.9 cm³/mol. The molecule has 112 valence electrons. The van der Waals surface area contributed by atoms with Crippen molar-refractivity contribution in [1.82, 2.24) is 10.2 Å². The molecule has 1 aliphatic carbocycles. The summed E-state index contributed by atoms with van der Waals surface area (Å²) in [5.74, 6) is 0.620. The summed E-state index contributed by atoms with van der Waals surface area (Å²) in [7, 11) is 2.28. The van der Waals surface area contributed by atoms with E-state index in [9.17, 15) is 0 Å². The summed E-state index contributed by atoms with van der Waals surface area (Å²) in [6, 6.07) is 12.1. The van der Waals surface area contributed by atoms with Crippen molar-refractivity contribution in [2.75, 3.05) is 20.1 Å². The summed E-state index contributed by atoms with van der Waals surface area (Å²) in [6.07, 6.45) is 5.62. The largest absolute Gasteiger partial charge is 0.308 e. The highest BCUT2D eigenvalue weighted by Crippen LogP contribution is 2.23. The van der Waals surface area contributed by atoms with Crippen LogP contribution in [0.15, 0.2) is 30.3 Å². The maximum Gasteiger partial charge on any atom is 0.0343 e. The van der Waals surface area contributed by atoms with E-state index in [2.05, 4.69) is 61.4 Å². The number of hydrogen-bond acceptors (Lipinski definition) is 2. The van der Waals surface area contributed by atoms with Gasteiger partial charge in [-0.15, -0.1) is 0 Å². The van der Waals surface area contributed by atoms with Crippen LogP contribution in [-0.4, -0.2) is 31.1 Å². The van der Waals surface area contributed by atoms with Gasteiger partial charge in [0.05, 0.1) is 0 Å². The summed E-state index contributed by atoms with van der Waals surface area (Å²) in [5.41, 5.74) is 1.41. The highest BCUT2D eigenvalue weighted by Gasteiger charge is 2.20. The van der Waals surface area contributed by atoms with Crippen molar-refractivity contribution < 1.29 is 0 Å². The third-order valence-electron chi connectivity index (χ3n) is 4.60. The second-order valence-corrected chi connectivity index (χ2v) is 6.51. The summed E-state index contributed by atoms with van der Waals surface area (Å²) in [5, 5.41) is 3.75. The Morgan fingerprint density at radius 2 is 1.80 bits per heavy atom. The van der Waals surface area contributed by atoms with Gasteiger partial charge in [-0.2, -0.15) is 0 Å². The van der Waals surface area contributed by atoms with Crippen LogP contribution in [0.5, 0.6) is 0 Å². The minimum Gasteiger partial charge on any atom is -0.308 e. The number of hydrogen-bond donors (Lipinski definition) is 1. The molecule has 1 aliphatic rings. The lowest BCUT2D eigenvalue weighted by molar-refractivity contribution is 0.238. The molecule has 1 unspecified atom stereocenters. The predicted octanol–water partition coefficient (Wildman–Crippen LogP) is 3.85. The first-order valence-corrected chi connectivity index (χ1v) is 8.17. The Labute approximate surface area is 124 Å². The van der Waals surface area contributed by atoms with E-state index in [0.29, 0.717) is 12.0 Å². The van der Waals surface area contributed by atoms with Gasteiger partial charge in [0.25, 0.3) is 0 Å². The van der Waals surface area contributed by atoms with Crippen LogP contribution < -0.4 is 5.32 Å². The maximum absolute atomic E-state index is 3.75. The zero-order valence-corrected chi connectivity index (χ0v) is 13.3. The van der Waals surface area contributed by atoms with Crippen molar-refractivity contribution in [2.24, 2.45) is 5.92 Å². The molecule has 0 saturated heterocycles. The average Bonchev–Trinajstić information content (AvgIpc) is 2.98. The van der Waals surface area contributed by atoms with E-state index >= 15 is 0 Å². The minimum atomic E-state index is 0.466. The molecule has 0 bridgehead atoms. The molecule has 0 amide bonds. The second kappa shape index (κ2) is 7.80. The molecule has 0 spiro atoms. The third-order valence-corrected chi connectivity index (χ3v) is 4.60. The van der Waals surface area contributed by atoms with Crippen LogP contribution in [0.25, 0.3) is 0 Å². The molecular formula is C18H30N2. The number of nitrogens with one attached hydrogen (secondary N) is 1. The van der Waals surface area contributed by atoms with Crippen molar-refractivity contribution in [2.45, 2.75) is 51.6 Å². The maximum atomic E-state index is 3.75. The zero-order valence-electron chi connectivity index (χ0n) is 13.3. The summed E-state index contributed by atoms with van der Waals surface area (Å²) >= 11 is 0. The molecular weight excluding hydrogens is 244 g/mol. The molecule has 2 heteroatoms. The van der Waals surface area contributed by atoms with E-state index in [4.69, 9.17) is 0 Å². The van der Waals surface area contributed by atoms with E-state index < -0.39 is 0 Å². The Hall–Kier alpha value is -0.860. The molecule has 20 heavy (non-hydrogen) atoms. The molecule has 1 aromatic carbocycles. The van der Waals surface area contributed by atoms with Gasteiger partial charge in [-0.25, -0.2) is 0 Å². The highest BCUT2D eigenvalue weighted by atomic mass is 15.1. The second-order valence-electron chi connectivity index (χ2n) is 6.51. The fraction of sp³-hybridized carbons (Fsp3) is 0.667. The van der Waals surface area contributed by atoms with Crippen LogP contribution in [0, 0.1) is 5.92 Å². The lowest BCUT2D eigenvalue weighted by Crippen LogP contribution is -2.37. The lowest BCUT2D eigenvalue weighted by atomic mass is 9.96. The Morgan fingerprint density at radius 3 is 2.40 bits per heavy atom. The molecule has 1 N–H and O–H groups in total. The molecule has 1 aromatic rings. The van der Waals surface area contributed by atoms with Crippen molar-refractivity contribution in [3.63, 3.8) is 0 Å². The highest BCUT2D eigenvalue weighted by molar-refractivity contribution is 5.19. The van der Waals surface area contributed by atoms with E-state index in [1.165, 1.54) is 31.2 Å². The number of nitrogens with zero attached hydrogens (tertiary/aromatic N) is 1. The van der Waals surface area contributed by atoms with Crippen LogP contribution in [0.3, 0.4) is 0 Å². The Balaban J connectivity index is 1.80. The van der Waals surface area contributed by atoms with Crippen LogP contribution in [0.4, 0.5) is 0 Å². The van der Waals surface area contributed by atoms with Gasteiger partial charge >= 0.3 is 0 Å². The van der Waals surface area contributed by atoms with Gasteiger partial charge in [0, 0.05) is 25.2 Å². The van der Waals surface area contributed by atoms with Crippen LogP contribution in [-0.2, 0) is 0 Å². The molecule has 1 atom stereocenters. The molecule has 0 aliphatic heterocycles. The number of rotatable bonds is 7. The number of benzene rings is 1. The average molecular weight is 274 g/mol. The van der Waals surface area contributed by atoms with Crippen LogP contribution in [0.1, 0.15) is 51.1 Å². The molecule has 1 saturated carbocycles. The summed E-state index contributed by atoms with van der Waals surface area (Å²) < 4.78 is 0. The van der Waals surface area contributed by atoms with E-state index in [1.54, 1.807) is 0 Å². The van der Waals surface area contributed by atoms with E-state index in [1.807, 2.05) is 0 Å². The van der Waals surface area contributed by atoms with E-state index in [0.717, 1.165) is 19.1 Å². The first-order valence-electron chi connectivity index (χ1n) is 8.17. The topological polar surface area (TPSA) is 15.3 Å². The lowest BCUT2D eigenvalue weighted by Gasteiger charge is -2.27. The normalized spacial score (nSPS) is 18.1. The summed E-state index contributed by atoms with van der Waals surface area (Å²) in [4.78, 5) is 2.54. The fourth-order valence-electron chi connectivity index (χ4n) is 3.32. The molecule has 0 heterocycles. The van der Waals surface area contributed by atoms with Gasteiger partial charge in [-0.05, 0) is 31.4 Å². The van der Waals surface area contributed by atoms with Crippen LogP contribution in [0.2, 0.25) is 0 Å². The zero-order chi connectivity index (χ0) is 14.4. The first kappa shape index (κ1) is 15.5. The van der Waals surface area contributed by atoms with Crippen molar-refractivity contribution in [3.05, 3.63) is 35.9 Å². The SMILES string of the molecule is CC(C)C(NCCN(C)C1CCCC1)c1ccccc1. The van der Waals surface area contributed by atoms with E-state index in [-0.39, 0.29) is 0 Å². The number of likely N-dealkylation sites (N-methyl/N-ethyl adjacent to an activating group) is 1. The van der Waals surface area contributed by atoms with Gasteiger partial charge in [-0.3, -0.25) is 0 Å². The monoisotopic (exact) mass is 274 g/mol. The quantitative estimate of drug-likeness (QED) is 0.812. The molecule has 0 aromatic heterocycles. The standard InChI is InChI=1S/C18H30N2/c1-15(2)18(16-9-5-4-6-10-16)19-13-14-20(3)17-11-7-8-12-17/h4-6,9-10,15,17-19H,7-8,11-14H2,1-3H3. The molecule has 2 rings (SSSR count). The van der Waals surface area contributed by atoms with Gasteiger partial charge in [-0.1, -0.05) is 57.0 Å². The molecule has 2 nitrogen and oxygen atoms in total. The van der Waals surface area contributed by atoms with Crippen molar-refractivity contribution in [3.8, 4) is 0 Å². The fourth-order valence-corrected chi connectivity index (χ4v) is 3.32. The Bertz CT molecular complexity index is 368. The van der Waals surface area contributed by atoms with Gasteiger partial charge in [0.15, 0.2) is 0 Å². The summed E-state index contributed by atoms with van der Waals surface area (Å²) in [6.45, 7) is 6.82. The first-order chi connectivity index (χ1) is 9.68. The van der Waals surface area contributed by atoms with Crippen molar-refractivity contribution >= 4 is 0 Å². The van der Waals surface area contributed by atoms with Gasteiger partial charge < -0.3 is 10.2 Å². The molecule has 1 fully saturated rings. The van der Waals surface area contributed by atoms with Crippen molar-refractivity contribution in [1.29, 1.82) is 0 Å². The van der Waals surface area contributed by atoms with Gasteiger partial charge in [0.2, 0.25) is 0 Å². The van der Waals surface area contributed by atoms with Gasteiger partial charge in [0.1, 0.15) is 0 Å². The third kappa shape index (κ3) is 4.32. The Kier molecular flexibility index (Phi) is 6.06.